The monoisotopic (exact) mass is 275 g/mol. The van der Waals surface area contributed by atoms with E-state index >= 15 is 0 Å². The maximum Gasteiger partial charge on any atom is 0.0649 e. The van der Waals surface area contributed by atoms with Crippen molar-refractivity contribution in [2.24, 2.45) is 0 Å². The van der Waals surface area contributed by atoms with Gasteiger partial charge < -0.3 is 5.32 Å². The van der Waals surface area contributed by atoms with Crippen LogP contribution in [-0.2, 0) is 6.54 Å². The first-order valence-corrected chi connectivity index (χ1v) is 7.07. The van der Waals surface area contributed by atoms with Gasteiger partial charge >= 0.3 is 0 Å². The van der Waals surface area contributed by atoms with E-state index in [9.17, 15) is 0 Å². The number of halogens is 1. The minimum Gasteiger partial charge on any atom is -0.310 e. The number of rotatable bonds is 4. The largest absolute Gasteiger partial charge is 0.310 e. The van der Waals surface area contributed by atoms with E-state index in [2.05, 4.69) is 24.3 Å². The van der Waals surface area contributed by atoms with Crippen molar-refractivity contribution in [3.8, 4) is 5.69 Å². The van der Waals surface area contributed by atoms with Gasteiger partial charge in [-0.2, -0.15) is 5.10 Å². The third-order valence-electron chi connectivity index (χ3n) is 3.66. The summed E-state index contributed by atoms with van der Waals surface area (Å²) >= 11 is 5.93. The molecule has 3 rings (SSSR count). The first-order chi connectivity index (χ1) is 9.15. The van der Waals surface area contributed by atoms with Crippen LogP contribution in [0.15, 0.2) is 24.3 Å². The molecule has 0 atom stereocenters. The molecule has 0 unspecified atom stereocenters. The number of hydrogen-bond donors (Lipinski definition) is 1. The lowest BCUT2D eigenvalue weighted by atomic mass is 10.2. The Morgan fingerprint density at radius 2 is 1.95 bits per heavy atom. The Kier molecular flexibility index (Phi) is 3.33. The zero-order valence-corrected chi connectivity index (χ0v) is 12.0. The van der Waals surface area contributed by atoms with E-state index in [1.54, 1.807) is 0 Å². The van der Waals surface area contributed by atoms with Crippen molar-refractivity contribution in [2.45, 2.75) is 39.3 Å². The van der Waals surface area contributed by atoms with Crippen LogP contribution in [0.5, 0.6) is 0 Å². The number of nitrogens with one attached hydrogen (secondary N) is 1. The van der Waals surface area contributed by atoms with Crippen LogP contribution in [0.1, 0.15) is 29.8 Å². The van der Waals surface area contributed by atoms with Crippen LogP contribution in [0, 0.1) is 13.8 Å². The van der Waals surface area contributed by atoms with E-state index in [-0.39, 0.29) is 0 Å². The fraction of sp³-hybridized carbons (Fsp3) is 0.400. The Hall–Kier alpha value is -1.32. The van der Waals surface area contributed by atoms with E-state index in [0.29, 0.717) is 0 Å². The number of nitrogens with zero attached hydrogens (tertiary/aromatic N) is 2. The van der Waals surface area contributed by atoms with E-state index in [0.717, 1.165) is 29.0 Å². The number of benzene rings is 1. The minimum atomic E-state index is 0.720. The molecule has 2 aromatic rings. The minimum absolute atomic E-state index is 0.720. The van der Waals surface area contributed by atoms with Crippen LogP contribution in [0.3, 0.4) is 0 Å². The molecule has 1 heterocycles. The van der Waals surface area contributed by atoms with Crippen LogP contribution in [0.25, 0.3) is 5.69 Å². The topological polar surface area (TPSA) is 29.9 Å². The molecule has 1 aromatic heterocycles. The lowest BCUT2D eigenvalue weighted by Crippen LogP contribution is -2.16. The third kappa shape index (κ3) is 2.67. The molecule has 0 aliphatic heterocycles. The van der Waals surface area contributed by atoms with Crippen molar-refractivity contribution >= 4 is 11.6 Å². The Bertz CT molecular complexity index is 582. The Balaban J connectivity index is 1.89. The second-order valence-electron chi connectivity index (χ2n) is 5.19. The molecule has 1 aliphatic rings. The van der Waals surface area contributed by atoms with Gasteiger partial charge in [-0.05, 0) is 51.0 Å². The standard InChI is InChI=1S/C15H18ClN3/c1-10-15(9-17-13-5-6-13)11(2)19(18-10)14-7-3-12(16)4-8-14/h3-4,7-8,13,17H,5-6,9H2,1-2H3. The summed E-state index contributed by atoms with van der Waals surface area (Å²) in [5, 5.41) is 8.95. The second-order valence-corrected chi connectivity index (χ2v) is 5.63. The highest BCUT2D eigenvalue weighted by atomic mass is 35.5. The first kappa shape index (κ1) is 12.7. The highest BCUT2D eigenvalue weighted by Crippen LogP contribution is 2.22. The van der Waals surface area contributed by atoms with E-state index < -0.39 is 0 Å². The Labute approximate surface area is 118 Å². The van der Waals surface area contributed by atoms with Gasteiger partial charge in [0.05, 0.1) is 11.4 Å². The quantitative estimate of drug-likeness (QED) is 0.927. The molecular formula is C15H18ClN3. The molecule has 0 spiro atoms. The normalized spacial score (nSPS) is 14.9. The number of aromatic nitrogens is 2. The molecule has 0 radical (unpaired) electrons. The fourth-order valence-electron chi connectivity index (χ4n) is 2.30. The van der Waals surface area contributed by atoms with Crippen molar-refractivity contribution in [3.63, 3.8) is 0 Å². The predicted octanol–water partition coefficient (Wildman–Crippen LogP) is 3.39. The molecule has 19 heavy (non-hydrogen) atoms. The zero-order valence-electron chi connectivity index (χ0n) is 11.3. The fourth-order valence-corrected chi connectivity index (χ4v) is 2.42. The third-order valence-corrected chi connectivity index (χ3v) is 3.91. The lowest BCUT2D eigenvalue weighted by Gasteiger charge is -2.06. The van der Waals surface area contributed by atoms with Gasteiger partial charge in [0.15, 0.2) is 0 Å². The summed E-state index contributed by atoms with van der Waals surface area (Å²) in [6.45, 7) is 5.11. The van der Waals surface area contributed by atoms with Gasteiger partial charge in [-0.15, -0.1) is 0 Å². The Morgan fingerprint density at radius 3 is 2.58 bits per heavy atom. The zero-order chi connectivity index (χ0) is 13.4. The molecule has 0 bridgehead atoms. The van der Waals surface area contributed by atoms with Gasteiger partial charge in [0.25, 0.3) is 0 Å². The van der Waals surface area contributed by atoms with Gasteiger partial charge in [-0.3, -0.25) is 0 Å². The summed E-state index contributed by atoms with van der Waals surface area (Å²) in [6, 6.07) is 8.52. The summed E-state index contributed by atoms with van der Waals surface area (Å²) in [7, 11) is 0. The molecule has 3 nitrogen and oxygen atoms in total. The van der Waals surface area contributed by atoms with E-state index in [1.807, 2.05) is 28.9 Å². The van der Waals surface area contributed by atoms with E-state index in [1.165, 1.54) is 24.1 Å². The van der Waals surface area contributed by atoms with Gasteiger partial charge in [0, 0.05) is 28.9 Å². The van der Waals surface area contributed by atoms with Crippen LogP contribution in [-0.4, -0.2) is 15.8 Å². The van der Waals surface area contributed by atoms with E-state index in [4.69, 9.17) is 11.6 Å². The molecule has 0 saturated heterocycles. The smallest absolute Gasteiger partial charge is 0.0649 e. The highest BCUT2D eigenvalue weighted by molar-refractivity contribution is 6.30. The SMILES string of the molecule is Cc1nn(-c2ccc(Cl)cc2)c(C)c1CNC1CC1. The van der Waals surface area contributed by atoms with Crippen molar-refractivity contribution in [1.82, 2.24) is 15.1 Å². The molecule has 100 valence electrons. The summed E-state index contributed by atoms with van der Waals surface area (Å²) in [4.78, 5) is 0. The van der Waals surface area contributed by atoms with Crippen LogP contribution < -0.4 is 5.32 Å². The van der Waals surface area contributed by atoms with Gasteiger partial charge in [-0.25, -0.2) is 4.68 Å². The molecule has 1 fully saturated rings. The predicted molar refractivity (Wildman–Crippen MR) is 77.9 cm³/mol. The molecule has 1 saturated carbocycles. The summed E-state index contributed by atoms with van der Waals surface area (Å²) in [5.74, 6) is 0. The molecule has 1 aromatic carbocycles. The molecule has 1 aliphatic carbocycles. The van der Waals surface area contributed by atoms with Gasteiger partial charge in [0.2, 0.25) is 0 Å². The summed E-state index contributed by atoms with van der Waals surface area (Å²) in [6.07, 6.45) is 2.62. The van der Waals surface area contributed by atoms with Crippen molar-refractivity contribution in [2.75, 3.05) is 0 Å². The number of aryl methyl sites for hydroxylation is 1. The molecular weight excluding hydrogens is 258 g/mol. The first-order valence-electron chi connectivity index (χ1n) is 6.69. The summed E-state index contributed by atoms with van der Waals surface area (Å²) < 4.78 is 2.00. The molecule has 1 N–H and O–H groups in total. The Morgan fingerprint density at radius 1 is 1.26 bits per heavy atom. The van der Waals surface area contributed by atoms with Gasteiger partial charge in [-0.1, -0.05) is 11.6 Å². The average Bonchev–Trinajstić information content (AvgIpc) is 3.17. The average molecular weight is 276 g/mol. The lowest BCUT2D eigenvalue weighted by molar-refractivity contribution is 0.682. The summed E-state index contributed by atoms with van der Waals surface area (Å²) in [5.41, 5.74) is 4.66. The van der Waals surface area contributed by atoms with Crippen LogP contribution in [0.4, 0.5) is 0 Å². The van der Waals surface area contributed by atoms with Crippen molar-refractivity contribution in [1.29, 1.82) is 0 Å². The molecule has 0 amide bonds. The van der Waals surface area contributed by atoms with Crippen LogP contribution >= 0.6 is 11.6 Å². The van der Waals surface area contributed by atoms with Gasteiger partial charge in [0.1, 0.15) is 0 Å². The van der Waals surface area contributed by atoms with Crippen molar-refractivity contribution in [3.05, 3.63) is 46.2 Å². The second kappa shape index (κ2) is 4.99. The number of hydrogen-bond acceptors (Lipinski definition) is 2. The van der Waals surface area contributed by atoms with Crippen molar-refractivity contribution < 1.29 is 0 Å². The maximum absolute atomic E-state index is 5.93. The highest BCUT2D eigenvalue weighted by Gasteiger charge is 2.21. The molecule has 4 heteroatoms. The maximum atomic E-state index is 5.93. The van der Waals surface area contributed by atoms with Crippen LogP contribution in [0.2, 0.25) is 5.02 Å².